The molecule has 7 heteroatoms. The highest BCUT2D eigenvalue weighted by Gasteiger charge is 2.12. The van der Waals surface area contributed by atoms with E-state index in [2.05, 4.69) is 27.7 Å². The molecule has 2 aromatic carbocycles. The van der Waals surface area contributed by atoms with Gasteiger partial charge in [0.2, 0.25) is 11.8 Å². The van der Waals surface area contributed by atoms with E-state index < -0.39 is 0 Å². The number of nitrogens with zero attached hydrogens (tertiary/aromatic N) is 2. The van der Waals surface area contributed by atoms with E-state index in [1.54, 1.807) is 18.2 Å². The molecule has 3 aromatic rings. The summed E-state index contributed by atoms with van der Waals surface area (Å²) in [5, 5.41) is 2.71. The predicted molar refractivity (Wildman–Crippen MR) is 105 cm³/mol. The van der Waals surface area contributed by atoms with Gasteiger partial charge >= 0.3 is 0 Å². The van der Waals surface area contributed by atoms with Crippen LogP contribution < -0.4 is 16.2 Å². The third-order valence-electron chi connectivity index (χ3n) is 4.08. The van der Waals surface area contributed by atoms with Crippen LogP contribution in [0.2, 0.25) is 0 Å². The third kappa shape index (κ3) is 4.33. The van der Waals surface area contributed by atoms with Crippen molar-refractivity contribution in [3.8, 4) is 0 Å². The maximum Gasteiger partial charge on any atom is 0.245 e. The van der Waals surface area contributed by atoms with Gasteiger partial charge in [-0.15, -0.1) is 0 Å². The first kappa shape index (κ1) is 18.2. The number of nitrogens with one attached hydrogen (secondary N) is 3. The van der Waals surface area contributed by atoms with Crippen molar-refractivity contribution in [2.24, 2.45) is 7.05 Å². The first-order valence-corrected chi connectivity index (χ1v) is 8.46. The van der Waals surface area contributed by atoms with Crippen LogP contribution >= 0.6 is 0 Å². The predicted octanol–water partition coefficient (Wildman–Crippen LogP) is 2.37. The fourth-order valence-electron chi connectivity index (χ4n) is 2.75. The number of hydrazine groups is 1. The zero-order chi connectivity index (χ0) is 19.4. The average Bonchev–Trinajstić information content (AvgIpc) is 2.95. The van der Waals surface area contributed by atoms with Gasteiger partial charge < -0.3 is 9.88 Å². The van der Waals surface area contributed by atoms with Gasteiger partial charge in [-0.05, 0) is 24.3 Å². The average molecular weight is 363 g/mol. The van der Waals surface area contributed by atoms with Gasteiger partial charge in [-0.3, -0.25) is 20.4 Å². The van der Waals surface area contributed by atoms with Crippen LogP contribution in [0, 0.1) is 0 Å². The molecular formula is C20H21N5O2. The monoisotopic (exact) mass is 363 g/mol. The summed E-state index contributed by atoms with van der Waals surface area (Å²) >= 11 is 0. The summed E-state index contributed by atoms with van der Waals surface area (Å²) in [4.78, 5) is 27.9. The molecule has 0 spiro atoms. The summed E-state index contributed by atoms with van der Waals surface area (Å²) < 4.78 is 1.90. The first-order chi connectivity index (χ1) is 12.9. The molecule has 3 rings (SSSR count). The van der Waals surface area contributed by atoms with Crippen LogP contribution in [0.15, 0.2) is 55.1 Å². The van der Waals surface area contributed by atoms with E-state index in [4.69, 9.17) is 0 Å². The van der Waals surface area contributed by atoms with Gasteiger partial charge in [0.1, 0.15) is 5.82 Å². The van der Waals surface area contributed by atoms with E-state index in [0.29, 0.717) is 17.2 Å². The van der Waals surface area contributed by atoms with Crippen molar-refractivity contribution in [2.75, 3.05) is 5.32 Å². The van der Waals surface area contributed by atoms with Crippen molar-refractivity contribution in [1.82, 2.24) is 20.4 Å². The lowest BCUT2D eigenvalue weighted by Crippen LogP contribution is -2.37. The van der Waals surface area contributed by atoms with Crippen molar-refractivity contribution in [3.63, 3.8) is 0 Å². The van der Waals surface area contributed by atoms with E-state index in [1.165, 1.54) is 6.92 Å². The lowest BCUT2D eigenvalue weighted by atomic mass is 10.1. The lowest BCUT2D eigenvalue weighted by molar-refractivity contribution is -0.121. The summed E-state index contributed by atoms with van der Waals surface area (Å²) in [6.45, 7) is 5.36. The van der Waals surface area contributed by atoms with Gasteiger partial charge in [-0.2, -0.15) is 0 Å². The largest absolute Gasteiger partial charge is 0.331 e. The number of rotatable bonds is 6. The summed E-state index contributed by atoms with van der Waals surface area (Å²) in [6.07, 6.45) is 0.136. The summed E-state index contributed by atoms with van der Waals surface area (Å²) in [6, 6.07) is 14.9. The van der Waals surface area contributed by atoms with Crippen molar-refractivity contribution in [2.45, 2.75) is 13.3 Å². The molecule has 0 saturated heterocycles. The highest BCUT2D eigenvalue weighted by Crippen LogP contribution is 2.16. The Morgan fingerprint density at radius 2 is 1.89 bits per heavy atom. The van der Waals surface area contributed by atoms with E-state index in [1.807, 2.05) is 41.9 Å². The first-order valence-electron chi connectivity index (χ1n) is 8.46. The van der Waals surface area contributed by atoms with Crippen LogP contribution in [0.1, 0.15) is 18.3 Å². The number of carbonyl (C=O) groups is 2. The van der Waals surface area contributed by atoms with Crippen LogP contribution in [0.4, 0.5) is 5.69 Å². The Labute approximate surface area is 157 Å². The molecule has 3 N–H and O–H groups in total. The molecule has 1 aromatic heterocycles. The summed E-state index contributed by atoms with van der Waals surface area (Å²) in [5.41, 5.74) is 9.21. The molecule has 0 aliphatic heterocycles. The van der Waals surface area contributed by atoms with E-state index in [-0.39, 0.29) is 18.2 Å². The lowest BCUT2D eigenvalue weighted by Gasteiger charge is -2.12. The number of benzene rings is 2. The maximum absolute atomic E-state index is 12.3. The van der Waals surface area contributed by atoms with Gasteiger partial charge in [0.25, 0.3) is 0 Å². The molecule has 1 heterocycles. The number of anilines is 1. The number of fused-ring (bicyclic) bond motifs is 1. The molecule has 27 heavy (non-hydrogen) atoms. The van der Waals surface area contributed by atoms with E-state index >= 15 is 0 Å². The van der Waals surface area contributed by atoms with Gasteiger partial charge in [0, 0.05) is 25.2 Å². The highest BCUT2D eigenvalue weighted by atomic mass is 16.2. The second kappa shape index (κ2) is 7.74. The topological polar surface area (TPSA) is 88.0 Å². The highest BCUT2D eigenvalue weighted by molar-refractivity contribution is 5.89. The van der Waals surface area contributed by atoms with Gasteiger partial charge in [-0.25, -0.2) is 4.98 Å². The molecule has 7 nitrogen and oxygen atoms in total. The Morgan fingerprint density at radius 3 is 2.63 bits per heavy atom. The zero-order valence-electron chi connectivity index (χ0n) is 15.2. The second-order valence-corrected chi connectivity index (χ2v) is 6.17. The number of aryl methyl sites for hydroxylation is 1. The Hall–Kier alpha value is -3.61. The molecule has 0 atom stereocenters. The Kier molecular flexibility index (Phi) is 5.21. The minimum Gasteiger partial charge on any atom is -0.331 e. The van der Waals surface area contributed by atoms with Gasteiger partial charge in [0.05, 0.1) is 23.2 Å². The molecule has 2 amide bonds. The van der Waals surface area contributed by atoms with Crippen LogP contribution in [-0.2, 0) is 23.1 Å². The molecule has 138 valence electrons. The third-order valence-corrected chi connectivity index (χ3v) is 4.08. The fourth-order valence-corrected chi connectivity index (χ4v) is 2.75. The SMILES string of the molecule is C=C(NNC(=O)Cc1nc2ccccc2n1C)c1cccc(NC(C)=O)c1. The minimum absolute atomic E-state index is 0.136. The summed E-state index contributed by atoms with van der Waals surface area (Å²) in [5.74, 6) is 0.294. The Bertz CT molecular complexity index is 1020. The van der Waals surface area contributed by atoms with E-state index in [9.17, 15) is 9.59 Å². The number of para-hydroxylation sites is 2. The van der Waals surface area contributed by atoms with Crippen molar-refractivity contribution < 1.29 is 9.59 Å². The van der Waals surface area contributed by atoms with Crippen molar-refractivity contribution in [1.29, 1.82) is 0 Å². The molecule has 0 saturated carbocycles. The van der Waals surface area contributed by atoms with Gasteiger partial charge in [-0.1, -0.05) is 30.8 Å². The van der Waals surface area contributed by atoms with Gasteiger partial charge in [0.15, 0.2) is 0 Å². The number of imidazole rings is 1. The molecule has 0 aliphatic rings. The standard InChI is InChI=1S/C20H21N5O2/c1-13(15-7-6-8-16(11-15)21-14(2)26)23-24-20(27)12-19-22-17-9-4-5-10-18(17)25(19)3/h4-11,23H,1,12H2,2-3H3,(H,21,26)(H,24,27). The number of hydrogen-bond donors (Lipinski definition) is 3. The number of carbonyl (C=O) groups excluding carboxylic acids is 2. The number of aromatic nitrogens is 2. The molecule has 0 aliphatic carbocycles. The normalized spacial score (nSPS) is 10.4. The van der Waals surface area contributed by atoms with Crippen LogP contribution in [0.5, 0.6) is 0 Å². The zero-order valence-corrected chi connectivity index (χ0v) is 15.2. The number of amides is 2. The van der Waals surface area contributed by atoms with Crippen molar-refractivity contribution >= 4 is 34.2 Å². The van der Waals surface area contributed by atoms with Crippen LogP contribution in [0.25, 0.3) is 16.7 Å². The van der Waals surface area contributed by atoms with Crippen LogP contribution in [0.3, 0.4) is 0 Å². The maximum atomic E-state index is 12.3. The smallest absolute Gasteiger partial charge is 0.245 e. The Morgan fingerprint density at radius 1 is 1.11 bits per heavy atom. The molecular weight excluding hydrogens is 342 g/mol. The number of hydrogen-bond acceptors (Lipinski definition) is 4. The van der Waals surface area contributed by atoms with Crippen LogP contribution in [-0.4, -0.2) is 21.4 Å². The van der Waals surface area contributed by atoms with Crippen molar-refractivity contribution in [3.05, 3.63) is 66.5 Å². The summed E-state index contributed by atoms with van der Waals surface area (Å²) in [7, 11) is 1.89. The molecule has 0 unspecified atom stereocenters. The fraction of sp³-hybridized carbons (Fsp3) is 0.150. The van der Waals surface area contributed by atoms with E-state index in [0.717, 1.165) is 16.6 Å². The molecule has 0 fully saturated rings. The molecule has 0 bridgehead atoms. The quantitative estimate of drug-likeness (QED) is 0.587. The molecule has 0 radical (unpaired) electrons. The minimum atomic E-state index is -0.229. The Balaban J connectivity index is 1.61. The second-order valence-electron chi connectivity index (χ2n) is 6.17.